The molecule has 0 radical (unpaired) electrons. The van der Waals surface area contributed by atoms with Crippen LogP contribution in [0, 0.1) is 11.3 Å². The molecule has 0 spiro atoms. The first kappa shape index (κ1) is 13.5. The minimum absolute atomic E-state index is 0.327. The Labute approximate surface area is 110 Å². The van der Waals surface area contributed by atoms with Crippen molar-refractivity contribution >= 4 is 0 Å². The summed E-state index contributed by atoms with van der Waals surface area (Å²) in [6.07, 6.45) is 5.63. The van der Waals surface area contributed by atoms with E-state index in [1.165, 1.54) is 24.5 Å². The lowest BCUT2D eigenvalue weighted by molar-refractivity contribution is 0.213. The highest BCUT2D eigenvalue weighted by Crippen LogP contribution is 2.32. The average molecular weight is 250 g/mol. The van der Waals surface area contributed by atoms with Gasteiger partial charge in [0.25, 0.3) is 0 Å². The second kappa shape index (κ2) is 5.39. The Balaban J connectivity index is 1.97. The monoisotopic (exact) mass is 250 g/mol. The highest BCUT2D eigenvalue weighted by molar-refractivity contribution is 5.01. The molecule has 18 heavy (non-hydrogen) atoms. The summed E-state index contributed by atoms with van der Waals surface area (Å²) < 4.78 is 2.31. The van der Waals surface area contributed by atoms with E-state index in [0.717, 1.165) is 32.4 Å². The van der Waals surface area contributed by atoms with Crippen molar-refractivity contribution in [3.63, 3.8) is 0 Å². The summed E-state index contributed by atoms with van der Waals surface area (Å²) in [5, 5.41) is 8.60. The van der Waals surface area contributed by atoms with E-state index < -0.39 is 0 Å². The topological polar surface area (TPSA) is 56.7 Å². The van der Waals surface area contributed by atoms with Gasteiger partial charge in [0, 0.05) is 19.4 Å². The van der Waals surface area contributed by atoms with Crippen molar-refractivity contribution < 1.29 is 0 Å². The summed E-state index contributed by atoms with van der Waals surface area (Å²) >= 11 is 0. The SMILES string of the molecule is CC(C)(C)C(CCN)CCc1nnc2n1CCC2. The smallest absolute Gasteiger partial charge is 0.133 e. The molecule has 2 N–H and O–H groups in total. The van der Waals surface area contributed by atoms with Gasteiger partial charge < -0.3 is 10.3 Å². The summed E-state index contributed by atoms with van der Waals surface area (Å²) in [7, 11) is 0. The lowest BCUT2D eigenvalue weighted by Gasteiger charge is -2.30. The van der Waals surface area contributed by atoms with Crippen molar-refractivity contribution in [3.8, 4) is 0 Å². The van der Waals surface area contributed by atoms with Crippen LogP contribution in [-0.4, -0.2) is 21.3 Å². The maximum absolute atomic E-state index is 5.73. The van der Waals surface area contributed by atoms with Crippen molar-refractivity contribution in [2.24, 2.45) is 17.1 Å². The molecule has 0 amide bonds. The summed E-state index contributed by atoms with van der Waals surface area (Å²) in [5.41, 5.74) is 6.06. The Morgan fingerprint density at radius 1 is 1.28 bits per heavy atom. The predicted octanol–water partition coefficient (Wildman–Crippen LogP) is 2.17. The van der Waals surface area contributed by atoms with Crippen LogP contribution in [0.15, 0.2) is 0 Å². The van der Waals surface area contributed by atoms with Crippen LogP contribution in [0.1, 0.15) is 51.7 Å². The molecule has 1 aromatic heterocycles. The van der Waals surface area contributed by atoms with Crippen molar-refractivity contribution in [2.75, 3.05) is 6.54 Å². The van der Waals surface area contributed by atoms with Crippen LogP contribution < -0.4 is 5.73 Å². The van der Waals surface area contributed by atoms with Gasteiger partial charge in [0.15, 0.2) is 0 Å². The van der Waals surface area contributed by atoms with Crippen LogP contribution in [0.4, 0.5) is 0 Å². The van der Waals surface area contributed by atoms with Crippen LogP contribution in [0.5, 0.6) is 0 Å². The number of hydrogen-bond acceptors (Lipinski definition) is 3. The lowest BCUT2D eigenvalue weighted by atomic mass is 9.76. The predicted molar refractivity (Wildman–Crippen MR) is 73.3 cm³/mol. The maximum Gasteiger partial charge on any atom is 0.133 e. The van der Waals surface area contributed by atoms with E-state index in [-0.39, 0.29) is 0 Å². The van der Waals surface area contributed by atoms with Crippen molar-refractivity contribution in [3.05, 3.63) is 11.6 Å². The summed E-state index contributed by atoms with van der Waals surface area (Å²) in [5.74, 6) is 3.02. The fraction of sp³-hybridized carbons (Fsp3) is 0.857. The van der Waals surface area contributed by atoms with Gasteiger partial charge in [-0.25, -0.2) is 0 Å². The van der Waals surface area contributed by atoms with Crippen molar-refractivity contribution in [1.82, 2.24) is 14.8 Å². The molecule has 0 aromatic carbocycles. The number of aryl methyl sites for hydroxylation is 2. The zero-order valence-electron chi connectivity index (χ0n) is 11.9. The Morgan fingerprint density at radius 2 is 2.06 bits per heavy atom. The lowest BCUT2D eigenvalue weighted by Crippen LogP contribution is -2.24. The molecule has 1 aromatic rings. The number of nitrogens with zero attached hydrogens (tertiary/aromatic N) is 3. The molecule has 1 unspecified atom stereocenters. The summed E-state index contributed by atoms with van der Waals surface area (Å²) in [6, 6.07) is 0. The standard InChI is InChI=1S/C14H26N4/c1-14(2,3)11(8-9-15)6-7-13-17-16-12-5-4-10-18(12)13/h11H,4-10,15H2,1-3H3. The summed E-state index contributed by atoms with van der Waals surface area (Å²) in [4.78, 5) is 0. The third-order valence-electron chi connectivity index (χ3n) is 4.14. The number of nitrogens with two attached hydrogens (primary N) is 1. The second-order valence-electron chi connectivity index (χ2n) is 6.47. The zero-order valence-corrected chi connectivity index (χ0v) is 11.9. The highest BCUT2D eigenvalue weighted by atomic mass is 15.3. The minimum atomic E-state index is 0.327. The quantitative estimate of drug-likeness (QED) is 0.871. The highest BCUT2D eigenvalue weighted by Gasteiger charge is 2.25. The number of fused-ring (bicyclic) bond motifs is 1. The van der Waals surface area contributed by atoms with Crippen LogP contribution in [-0.2, 0) is 19.4 Å². The minimum Gasteiger partial charge on any atom is -0.330 e. The fourth-order valence-corrected chi connectivity index (χ4v) is 2.91. The Kier molecular flexibility index (Phi) is 4.05. The average Bonchev–Trinajstić information content (AvgIpc) is 2.85. The first-order valence-electron chi connectivity index (χ1n) is 7.13. The molecule has 2 heterocycles. The fourth-order valence-electron chi connectivity index (χ4n) is 2.91. The van der Waals surface area contributed by atoms with Crippen molar-refractivity contribution in [2.45, 2.75) is 59.4 Å². The molecule has 0 bridgehead atoms. The van der Waals surface area contributed by atoms with Gasteiger partial charge in [-0.3, -0.25) is 0 Å². The molecule has 0 aliphatic carbocycles. The Morgan fingerprint density at radius 3 is 2.72 bits per heavy atom. The summed E-state index contributed by atoms with van der Waals surface area (Å²) in [6.45, 7) is 8.80. The number of hydrogen-bond donors (Lipinski definition) is 1. The first-order valence-corrected chi connectivity index (χ1v) is 7.13. The van der Waals surface area contributed by atoms with Gasteiger partial charge in [-0.1, -0.05) is 20.8 Å². The first-order chi connectivity index (χ1) is 8.52. The third-order valence-corrected chi connectivity index (χ3v) is 4.14. The number of aromatic nitrogens is 3. The molecule has 0 fully saturated rings. The Bertz CT molecular complexity index is 389. The molecule has 0 saturated heterocycles. The van der Waals surface area contributed by atoms with E-state index in [1.807, 2.05) is 0 Å². The van der Waals surface area contributed by atoms with Gasteiger partial charge >= 0.3 is 0 Å². The molecule has 4 nitrogen and oxygen atoms in total. The third kappa shape index (κ3) is 2.91. The molecule has 1 atom stereocenters. The number of rotatable bonds is 5. The van der Waals surface area contributed by atoms with Gasteiger partial charge in [-0.05, 0) is 37.1 Å². The molecular formula is C14H26N4. The van der Waals surface area contributed by atoms with Gasteiger partial charge in [-0.15, -0.1) is 10.2 Å². The van der Waals surface area contributed by atoms with Crippen LogP contribution in [0.3, 0.4) is 0 Å². The van der Waals surface area contributed by atoms with Crippen LogP contribution in [0.25, 0.3) is 0 Å². The second-order valence-corrected chi connectivity index (χ2v) is 6.47. The molecule has 0 saturated carbocycles. The van der Waals surface area contributed by atoms with E-state index in [4.69, 9.17) is 5.73 Å². The van der Waals surface area contributed by atoms with Gasteiger partial charge in [-0.2, -0.15) is 0 Å². The molecule has 2 rings (SSSR count). The van der Waals surface area contributed by atoms with Gasteiger partial charge in [0.1, 0.15) is 11.6 Å². The van der Waals surface area contributed by atoms with Crippen LogP contribution >= 0.6 is 0 Å². The van der Waals surface area contributed by atoms with E-state index in [2.05, 4.69) is 35.5 Å². The van der Waals surface area contributed by atoms with Crippen LogP contribution in [0.2, 0.25) is 0 Å². The maximum atomic E-state index is 5.73. The Hall–Kier alpha value is -0.900. The van der Waals surface area contributed by atoms with E-state index in [1.54, 1.807) is 0 Å². The van der Waals surface area contributed by atoms with Gasteiger partial charge in [0.2, 0.25) is 0 Å². The zero-order chi connectivity index (χ0) is 13.2. The molecule has 4 heteroatoms. The van der Waals surface area contributed by atoms with Crippen molar-refractivity contribution in [1.29, 1.82) is 0 Å². The van der Waals surface area contributed by atoms with E-state index in [0.29, 0.717) is 11.3 Å². The molecule has 102 valence electrons. The molecule has 1 aliphatic heterocycles. The van der Waals surface area contributed by atoms with E-state index in [9.17, 15) is 0 Å². The largest absolute Gasteiger partial charge is 0.330 e. The molecular weight excluding hydrogens is 224 g/mol. The molecule has 1 aliphatic rings. The normalized spacial score (nSPS) is 16.9. The van der Waals surface area contributed by atoms with E-state index >= 15 is 0 Å². The van der Waals surface area contributed by atoms with Gasteiger partial charge in [0.05, 0.1) is 0 Å².